The minimum absolute atomic E-state index is 0.205. The normalized spacial score (nSPS) is 10.1. The Morgan fingerprint density at radius 2 is 1.04 bits per heavy atom. The number of hydrogen-bond acceptors (Lipinski definition) is 2. The molecule has 5 heteroatoms. The summed E-state index contributed by atoms with van der Waals surface area (Å²) in [5.41, 5.74) is 2.12. The van der Waals surface area contributed by atoms with E-state index in [-0.39, 0.29) is 11.8 Å². The third kappa shape index (κ3) is 4.29. The number of rotatable bonds is 4. The van der Waals surface area contributed by atoms with Gasteiger partial charge in [0, 0.05) is 22.5 Å². The number of halogens is 1. The van der Waals surface area contributed by atoms with E-state index in [1.807, 2.05) is 6.07 Å². The van der Waals surface area contributed by atoms with Crippen molar-refractivity contribution in [1.29, 1.82) is 0 Å². The lowest BCUT2D eigenvalue weighted by molar-refractivity contribution is 0.101. The maximum absolute atomic E-state index is 12.9. The molecule has 3 rings (SSSR count). The van der Waals surface area contributed by atoms with Crippen molar-refractivity contribution < 1.29 is 14.0 Å². The monoisotopic (exact) mass is 334 g/mol. The summed E-state index contributed by atoms with van der Waals surface area (Å²) in [7, 11) is 0. The molecule has 0 saturated carbocycles. The summed E-state index contributed by atoms with van der Waals surface area (Å²) in [6.45, 7) is 0. The Labute approximate surface area is 144 Å². The molecule has 25 heavy (non-hydrogen) atoms. The molecule has 3 aromatic carbocycles. The molecule has 0 saturated heterocycles. The highest BCUT2D eigenvalue weighted by molar-refractivity contribution is 6.05. The van der Waals surface area contributed by atoms with Crippen LogP contribution in [0.4, 0.5) is 15.8 Å². The van der Waals surface area contributed by atoms with Crippen molar-refractivity contribution in [1.82, 2.24) is 0 Å². The van der Waals surface area contributed by atoms with Crippen LogP contribution in [0.15, 0.2) is 78.9 Å². The molecule has 0 aromatic heterocycles. The van der Waals surface area contributed by atoms with Gasteiger partial charge in [0.25, 0.3) is 11.8 Å². The molecule has 0 spiro atoms. The van der Waals surface area contributed by atoms with Crippen LogP contribution in [-0.2, 0) is 0 Å². The van der Waals surface area contributed by atoms with Crippen LogP contribution in [0.1, 0.15) is 20.7 Å². The number of nitrogens with one attached hydrogen (secondary N) is 2. The first-order chi connectivity index (χ1) is 12.1. The van der Waals surface area contributed by atoms with Crippen molar-refractivity contribution >= 4 is 23.2 Å². The van der Waals surface area contributed by atoms with Gasteiger partial charge in [-0.3, -0.25) is 9.59 Å². The van der Waals surface area contributed by atoms with Gasteiger partial charge >= 0.3 is 0 Å². The predicted octanol–water partition coefficient (Wildman–Crippen LogP) is 4.33. The molecule has 0 unspecified atom stereocenters. The first-order valence-corrected chi connectivity index (χ1v) is 7.65. The molecule has 0 heterocycles. The van der Waals surface area contributed by atoms with Crippen molar-refractivity contribution in [2.24, 2.45) is 0 Å². The summed E-state index contributed by atoms with van der Waals surface area (Å²) in [4.78, 5) is 24.1. The van der Waals surface area contributed by atoms with Crippen LogP contribution in [0, 0.1) is 5.82 Å². The molecule has 2 amide bonds. The molecular formula is C20H15FN2O2. The number of carbonyl (C=O) groups excluding carboxylic acids is 2. The summed E-state index contributed by atoms with van der Waals surface area (Å²) in [6, 6.07) is 20.9. The molecular weight excluding hydrogens is 319 g/mol. The summed E-state index contributed by atoms with van der Waals surface area (Å²) >= 11 is 0. The van der Waals surface area contributed by atoms with Gasteiger partial charge in [0.15, 0.2) is 0 Å². The van der Waals surface area contributed by atoms with Crippen LogP contribution < -0.4 is 10.6 Å². The van der Waals surface area contributed by atoms with Gasteiger partial charge in [-0.1, -0.05) is 18.2 Å². The maximum Gasteiger partial charge on any atom is 0.255 e. The van der Waals surface area contributed by atoms with E-state index in [2.05, 4.69) is 10.6 Å². The molecule has 0 bridgehead atoms. The Hall–Kier alpha value is -3.47. The van der Waals surface area contributed by atoms with Gasteiger partial charge in [0.1, 0.15) is 5.82 Å². The van der Waals surface area contributed by atoms with Gasteiger partial charge < -0.3 is 10.6 Å². The van der Waals surface area contributed by atoms with Crippen LogP contribution >= 0.6 is 0 Å². The van der Waals surface area contributed by atoms with Crippen molar-refractivity contribution in [2.75, 3.05) is 10.6 Å². The molecule has 0 aliphatic carbocycles. The van der Waals surface area contributed by atoms with Crippen molar-refractivity contribution in [3.05, 3.63) is 95.8 Å². The molecule has 2 N–H and O–H groups in total. The summed E-state index contributed by atoms with van der Waals surface area (Å²) in [6.07, 6.45) is 0. The van der Waals surface area contributed by atoms with Crippen LogP contribution in [0.25, 0.3) is 0 Å². The Bertz CT molecular complexity index is 876. The Balaban J connectivity index is 1.63. The van der Waals surface area contributed by atoms with Crippen molar-refractivity contribution in [3.63, 3.8) is 0 Å². The van der Waals surface area contributed by atoms with E-state index in [9.17, 15) is 14.0 Å². The highest BCUT2D eigenvalue weighted by atomic mass is 19.1. The quantitative estimate of drug-likeness (QED) is 0.746. The van der Waals surface area contributed by atoms with Gasteiger partial charge in [-0.05, 0) is 60.7 Å². The summed E-state index contributed by atoms with van der Waals surface area (Å²) in [5.74, 6) is -0.931. The van der Waals surface area contributed by atoms with E-state index >= 15 is 0 Å². The van der Waals surface area contributed by atoms with Crippen LogP contribution in [-0.4, -0.2) is 11.8 Å². The SMILES string of the molecule is O=C(Nc1ccc(NC(=O)c2ccc(F)cc2)cc1)c1ccccc1. The predicted molar refractivity (Wildman–Crippen MR) is 95.2 cm³/mol. The highest BCUT2D eigenvalue weighted by Crippen LogP contribution is 2.16. The second kappa shape index (κ2) is 7.40. The highest BCUT2D eigenvalue weighted by Gasteiger charge is 2.07. The van der Waals surface area contributed by atoms with Gasteiger partial charge in [-0.25, -0.2) is 4.39 Å². The van der Waals surface area contributed by atoms with E-state index in [1.54, 1.807) is 48.5 Å². The summed E-state index contributed by atoms with van der Waals surface area (Å²) in [5, 5.41) is 5.50. The third-order valence-electron chi connectivity index (χ3n) is 3.54. The molecule has 0 aliphatic heterocycles. The van der Waals surface area contributed by atoms with Crippen LogP contribution in [0.5, 0.6) is 0 Å². The van der Waals surface area contributed by atoms with E-state index in [4.69, 9.17) is 0 Å². The van der Waals surface area contributed by atoms with Gasteiger partial charge in [0.05, 0.1) is 0 Å². The molecule has 3 aromatic rings. The summed E-state index contributed by atoms with van der Waals surface area (Å²) < 4.78 is 12.9. The van der Waals surface area contributed by atoms with Gasteiger partial charge in [-0.15, -0.1) is 0 Å². The fourth-order valence-corrected chi connectivity index (χ4v) is 2.23. The number of hydrogen-bond donors (Lipinski definition) is 2. The van der Waals surface area contributed by atoms with E-state index < -0.39 is 5.82 Å². The molecule has 124 valence electrons. The van der Waals surface area contributed by atoms with E-state index in [0.717, 1.165) is 0 Å². The van der Waals surface area contributed by atoms with Gasteiger partial charge in [0.2, 0.25) is 0 Å². The number of amides is 2. The smallest absolute Gasteiger partial charge is 0.255 e. The second-order valence-corrected chi connectivity index (χ2v) is 5.36. The zero-order chi connectivity index (χ0) is 17.6. The zero-order valence-electron chi connectivity index (χ0n) is 13.2. The number of benzene rings is 3. The average Bonchev–Trinajstić information content (AvgIpc) is 2.64. The lowest BCUT2D eigenvalue weighted by Gasteiger charge is -2.08. The third-order valence-corrected chi connectivity index (χ3v) is 3.54. The van der Waals surface area contributed by atoms with Crippen LogP contribution in [0.2, 0.25) is 0 Å². The fourth-order valence-electron chi connectivity index (χ4n) is 2.23. The minimum Gasteiger partial charge on any atom is -0.322 e. The first kappa shape index (κ1) is 16.4. The number of anilines is 2. The lowest BCUT2D eigenvalue weighted by Crippen LogP contribution is -2.13. The van der Waals surface area contributed by atoms with Crippen molar-refractivity contribution in [3.8, 4) is 0 Å². The van der Waals surface area contributed by atoms with Gasteiger partial charge in [-0.2, -0.15) is 0 Å². The standard InChI is InChI=1S/C20H15FN2O2/c21-16-8-6-15(7-9-16)20(25)23-18-12-10-17(11-13-18)22-19(24)14-4-2-1-3-5-14/h1-13H,(H,22,24)(H,23,25). The number of carbonyl (C=O) groups is 2. The topological polar surface area (TPSA) is 58.2 Å². The van der Waals surface area contributed by atoms with Crippen molar-refractivity contribution in [2.45, 2.75) is 0 Å². The molecule has 4 nitrogen and oxygen atoms in total. The maximum atomic E-state index is 12.9. The Morgan fingerprint density at radius 3 is 1.52 bits per heavy atom. The minimum atomic E-state index is -0.393. The van der Waals surface area contributed by atoms with E-state index in [1.165, 1.54) is 24.3 Å². The fraction of sp³-hybridized carbons (Fsp3) is 0. The molecule has 0 fully saturated rings. The van der Waals surface area contributed by atoms with E-state index in [0.29, 0.717) is 22.5 Å². The molecule has 0 radical (unpaired) electrons. The second-order valence-electron chi connectivity index (χ2n) is 5.36. The largest absolute Gasteiger partial charge is 0.322 e. The average molecular weight is 334 g/mol. The molecule has 0 aliphatic rings. The first-order valence-electron chi connectivity index (χ1n) is 7.65. The Kier molecular flexibility index (Phi) is 4.85. The molecule has 0 atom stereocenters. The van der Waals surface area contributed by atoms with Crippen LogP contribution in [0.3, 0.4) is 0 Å². The Morgan fingerprint density at radius 1 is 0.600 bits per heavy atom. The zero-order valence-corrected chi connectivity index (χ0v) is 13.2. The lowest BCUT2D eigenvalue weighted by atomic mass is 10.2.